The van der Waals surface area contributed by atoms with Crippen molar-refractivity contribution in [3.63, 3.8) is 0 Å². The third-order valence-electron chi connectivity index (χ3n) is 2.97. The van der Waals surface area contributed by atoms with Gasteiger partial charge in [0.2, 0.25) is 0 Å². The van der Waals surface area contributed by atoms with Crippen molar-refractivity contribution >= 4 is 0 Å². The Morgan fingerprint density at radius 2 is 2.00 bits per heavy atom. The first-order valence-corrected chi connectivity index (χ1v) is 5.87. The summed E-state index contributed by atoms with van der Waals surface area (Å²) in [6.45, 7) is 5.54. The van der Waals surface area contributed by atoms with E-state index < -0.39 is 12.4 Å². The third-order valence-corrected chi connectivity index (χ3v) is 2.97. The summed E-state index contributed by atoms with van der Waals surface area (Å²) in [5.74, 6) is 0. The lowest BCUT2D eigenvalue weighted by atomic mass is 10.0. The van der Waals surface area contributed by atoms with Crippen molar-refractivity contribution in [2.75, 3.05) is 0 Å². The summed E-state index contributed by atoms with van der Waals surface area (Å²) in [6, 6.07) is 9.76. The van der Waals surface area contributed by atoms with Crippen LogP contribution in [0.25, 0.3) is 0 Å². The van der Waals surface area contributed by atoms with Crippen molar-refractivity contribution in [1.29, 1.82) is 0 Å². The van der Waals surface area contributed by atoms with Gasteiger partial charge >= 0.3 is 0 Å². The monoisotopic (exact) mass is 234 g/mol. The second-order valence-electron chi connectivity index (χ2n) is 4.27. The average Bonchev–Trinajstić information content (AvgIpc) is 2.36. The molecule has 1 heterocycles. The summed E-state index contributed by atoms with van der Waals surface area (Å²) in [7, 11) is 0. The van der Waals surface area contributed by atoms with E-state index in [0.29, 0.717) is 6.42 Å². The van der Waals surface area contributed by atoms with Gasteiger partial charge in [-0.15, -0.1) is 6.58 Å². The van der Waals surface area contributed by atoms with E-state index in [0.717, 1.165) is 5.56 Å². The molecule has 1 saturated heterocycles. The molecular weight excluding hydrogens is 216 g/mol. The smallest absolute Gasteiger partial charge is 0.184 e. The van der Waals surface area contributed by atoms with Gasteiger partial charge in [-0.2, -0.15) is 0 Å². The molecule has 1 aromatic rings. The molecule has 0 unspecified atom stereocenters. The summed E-state index contributed by atoms with van der Waals surface area (Å²) >= 11 is 0. The van der Waals surface area contributed by atoms with Gasteiger partial charge in [0.25, 0.3) is 0 Å². The number of rotatable bonds is 3. The molecule has 2 rings (SSSR count). The summed E-state index contributed by atoms with van der Waals surface area (Å²) in [5, 5.41) is 9.94. The Kier molecular flexibility index (Phi) is 3.94. The van der Waals surface area contributed by atoms with Crippen LogP contribution in [0.4, 0.5) is 0 Å². The van der Waals surface area contributed by atoms with E-state index in [9.17, 15) is 5.11 Å². The molecule has 0 saturated carbocycles. The van der Waals surface area contributed by atoms with Crippen molar-refractivity contribution in [1.82, 2.24) is 0 Å². The normalized spacial score (nSPS) is 33.3. The fraction of sp³-hybridized carbons (Fsp3) is 0.429. The largest absolute Gasteiger partial charge is 0.388 e. The summed E-state index contributed by atoms with van der Waals surface area (Å²) in [6.07, 6.45) is 0.888. The highest BCUT2D eigenvalue weighted by Crippen LogP contribution is 2.31. The van der Waals surface area contributed by atoms with Crippen LogP contribution < -0.4 is 0 Å². The van der Waals surface area contributed by atoms with Gasteiger partial charge in [-0.25, -0.2) is 0 Å². The quantitative estimate of drug-likeness (QED) is 0.816. The first kappa shape index (κ1) is 12.3. The molecule has 92 valence electrons. The average molecular weight is 234 g/mol. The molecule has 1 N–H and O–H groups in total. The molecule has 0 spiro atoms. The summed E-state index contributed by atoms with van der Waals surface area (Å²) in [4.78, 5) is 0. The number of hydrogen-bond acceptors (Lipinski definition) is 3. The molecule has 0 aromatic heterocycles. The Bertz CT molecular complexity index is 363. The second kappa shape index (κ2) is 5.45. The molecular formula is C14H18O3. The van der Waals surface area contributed by atoms with Crippen LogP contribution in [0, 0.1) is 0 Å². The minimum absolute atomic E-state index is 0.237. The van der Waals surface area contributed by atoms with Gasteiger partial charge in [0.15, 0.2) is 6.29 Å². The van der Waals surface area contributed by atoms with Crippen LogP contribution in [0.2, 0.25) is 0 Å². The van der Waals surface area contributed by atoms with Gasteiger partial charge in [-0.05, 0) is 13.3 Å². The highest BCUT2D eigenvalue weighted by atomic mass is 16.7. The highest BCUT2D eigenvalue weighted by Gasteiger charge is 2.35. The molecule has 1 aromatic carbocycles. The van der Waals surface area contributed by atoms with E-state index in [-0.39, 0.29) is 12.2 Å². The van der Waals surface area contributed by atoms with Crippen LogP contribution in [-0.2, 0) is 9.47 Å². The molecule has 3 nitrogen and oxygen atoms in total. The Hall–Kier alpha value is -1.16. The van der Waals surface area contributed by atoms with Crippen molar-refractivity contribution < 1.29 is 14.6 Å². The van der Waals surface area contributed by atoms with Crippen LogP contribution in [0.5, 0.6) is 0 Å². The second-order valence-corrected chi connectivity index (χ2v) is 4.27. The fourth-order valence-electron chi connectivity index (χ4n) is 1.98. The number of aliphatic hydroxyl groups is 1. The lowest BCUT2D eigenvalue weighted by Crippen LogP contribution is -2.45. The van der Waals surface area contributed by atoms with Crippen molar-refractivity contribution in [3.8, 4) is 0 Å². The minimum Gasteiger partial charge on any atom is -0.388 e. The van der Waals surface area contributed by atoms with E-state index in [1.807, 2.05) is 37.3 Å². The maximum Gasteiger partial charge on any atom is 0.184 e. The Labute approximate surface area is 102 Å². The van der Waals surface area contributed by atoms with Crippen molar-refractivity contribution in [2.24, 2.45) is 0 Å². The molecule has 4 atom stereocenters. The predicted molar refractivity (Wildman–Crippen MR) is 65.4 cm³/mol. The first-order valence-electron chi connectivity index (χ1n) is 5.87. The van der Waals surface area contributed by atoms with Gasteiger partial charge in [0, 0.05) is 5.56 Å². The first-order chi connectivity index (χ1) is 8.22. The lowest BCUT2D eigenvalue weighted by Gasteiger charge is -2.38. The Morgan fingerprint density at radius 3 is 2.65 bits per heavy atom. The number of hydrogen-bond donors (Lipinski definition) is 1. The zero-order valence-corrected chi connectivity index (χ0v) is 9.95. The highest BCUT2D eigenvalue weighted by molar-refractivity contribution is 5.16. The molecule has 1 aliphatic rings. The van der Waals surface area contributed by atoms with E-state index in [4.69, 9.17) is 9.47 Å². The molecule has 0 radical (unpaired) electrons. The van der Waals surface area contributed by atoms with Gasteiger partial charge in [0.1, 0.15) is 6.10 Å². The van der Waals surface area contributed by atoms with E-state index >= 15 is 0 Å². The van der Waals surface area contributed by atoms with Crippen LogP contribution >= 0.6 is 0 Å². The Morgan fingerprint density at radius 1 is 1.29 bits per heavy atom. The number of benzene rings is 1. The van der Waals surface area contributed by atoms with E-state index in [2.05, 4.69) is 6.58 Å². The zero-order chi connectivity index (χ0) is 12.3. The summed E-state index contributed by atoms with van der Waals surface area (Å²) in [5.41, 5.74) is 0.973. The van der Waals surface area contributed by atoms with Gasteiger partial charge in [0.05, 0.1) is 12.2 Å². The topological polar surface area (TPSA) is 38.7 Å². The molecule has 1 fully saturated rings. The number of aliphatic hydroxyl groups excluding tert-OH is 1. The van der Waals surface area contributed by atoms with Crippen LogP contribution in [0.3, 0.4) is 0 Å². The molecule has 1 aliphatic heterocycles. The fourth-order valence-corrected chi connectivity index (χ4v) is 1.98. The number of ether oxygens (including phenoxy) is 2. The van der Waals surface area contributed by atoms with Gasteiger partial charge in [-0.3, -0.25) is 0 Å². The van der Waals surface area contributed by atoms with Crippen molar-refractivity contribution in [2.45, 2.75) is 37.9 Å². The van der Waals surface area contributed by atoms with Gasteiger partial charge in [-0.1, -0.05) is 36.4 Å². The molecule has 3 heteroatoms. The van der Waals surface area contributed by atoms with Gasteiger partial charge < -0.3 is 14.6 Å². The predicted octanol–water partition coefficient (Wildman–Crippen LogP) is 2.43. The molecule has 0 aliphatic carbocycles. The van der Waals surface area contributed by atoms with E-state index in [1.165, 1.54) is 0 Å². The lowest BCUT2D eigenvalue weighted by molar-refractivity contribution is -0.283. The van der Waals surface area contributed by atoms with E-state index in [1.54, 1.807) is 6.08 Å². The van der Waals surface area contributed by atoms with Crippen LogP contribution in [0.1, 0.15) is 25.2 Å². The van der Waals surface area contributed by atoms with Crippen LogP contribution in [0.15, 0.2) is 43.0 Å². The molecule has 0 amide bonds. The van der Waals surface area contributed by atoms with Crippen LogP contribution in [-0.4, -0.2) is 23.4 Å². The minimum atomic E-state index is -0.604. The Balaban J connectivity index is 2.13. The maximum atomic E-state index is 9.94. The SMILES string of the molecule is C=CC[C@@H]1O[C@H](c2ccccc2)O[C@H](C)[C@H]1O. The third kappa shape index (κ3) is 2.75. The van der Waals surface area contributed by atoms with Crippen molar-refractivity contribution in [3.05, 3.63) is 48.6 Å². The molecule has 17 heavy (non-hydrogen) atoms. The molecule has 0 bridgehead atoms. The summed E-state index contributed by atoms with van der Waals surface area (Å²) < 4.78 is 11.4. The zero-order valence-electron chi connectivity index (χ0n) is 9.95. The standard InChI is InChI=1S/C14H18O3/c1-3-7-12-13(15)10(2)16-14(17-12)11-8-5-4-6-9-11/h3-6,8-10,12-15H,1,7H2,2H3/t10-,12+,13-,14-/m1/s1. The maximum absolute atomic E-state index is 9.94.